The van der Waals surface area contributed by atoms with Crippen LogP contribution in [-0.2, 0) is 4.79 Å². The van der Waals surface area contributed by atoms with Crippen LogP contribution in [0.1, 0.15) is 47.4 Å². The highest BCUT2D eigenvalue weighted by Crippen LogP contribution is 2.52. The van der Waals surface area contributed by atoms with Crippen LogP contribution >= 0.6 is 11.8 Å². The molecule has 1 aliphatic heterocycles. The fraction of sp³-hybridized carbons (Fsp3) is 0.167. The van der Waals surface area contributed by atoms with Gasteiger partial charge in [-0.2, -0.15) is 5.26 Å². The number of nitriles is 1. The lowest BCUT2D eigenvalue weighted by atomic mass is 9.95. The van der Waals surface area contributed by atoms with E-state index in [-0.39, 0.29) is 5.57 Å². The molecule has 4 nitrogen and oxygen atoms in total. The summed E-state index contributed by atoms with van der Waals surface area (Å²) in [7, 11) is 0. The van der Waals surface area contributed by atoms with E-state index in [9.17, 15) is 9.90 Å². The van der Waals surface area contributed by atoms with Gasteiger partial charge in [-0.15, -0.1) is 11.8 Å². The average molecular weight is 477 g/mol. The van der Waals surface area contributed by atoms with Gasteiger partial charge < -0.3 is 10.0 Å². The van der Waals surface area contributed by atoms with Crippen LogP contribution in [0.15, 0.2) is 77.2 Å². The number of carboxylic acids is 1. The Balaban J connectivity index is 1.41. The molecule has 1 N–H and O–H groups in total. The third kappa shape index (κ3) is 4.62. The van der Waals surface area contributed by atoms with Crippen molar-refractivity contribution in [2.45, 2.75) is 36.1 Å². The van der Waals surface area contributed by atoms with Crippen LogP contribution in [0.5, 0.6) is 0 Å². The van der Waals surface area contributed by atoms with E-state index >= 15 is 0 Å². The van der Waals surface area contributed by atoms with Crippen LogP contribution in [0.25, 0.3) is 18.2 Å². The summed E-state index contributed by atoms with van der Waals surface area (Å²) in [5.41, 5.74) is 6.34. The number of hydrogen-bond donors (Lipinski definition) is 1. The van der Waals surface area contributed by atoms with Gasteiger partial charge in [-0.05, 0) is 77.6 Å². The van der Waals surface area contributed by atoms with Gasteiger partial charge in [0.05, 0.1) is 0 Å². The predicted molar refractivity (Wildman–Crippen MR) is 142 cm³/mol. The second kappa shape index (κ2) is 9.85. The van der Waals surface area contributed by atoms with Gasteiger partial charge in [-0.3, -0.25) is 0 Å². The minimum Gasteiger partial charge on any atom is -0.477 e. The minimum absolute atomic E-state index is 0.249. The summed E-state index contributed by atoms with van der Waals surface area (Å²) < 4.78 is 0. The first-order valence-electron chi connectivity index (χ1n) is 11.6. The molecule has 5 heteroatoms. The zero-order valence-electron chi connectivity index (χ0n) is 19.1. The van der Waals surface area contributed by atoms with Gasteiger partial charge >= 0.3 is 5.97 Å². The quantitative estimate of drug-likeness (QED) is 0.174. The van der Waals surface area contributed by atoms with Crippen LogP contribution in [0, 0.1) is 17.6 Å². The van der Waals surface area contributed by atoms with Crippen LogP contribution in [0.3, 0.4) is 0 Å². The Kier molecular flexibility index (Phi) is 6.48. The normalized spacial score (nSPS) is 19.0. The first-order chi connectivity index (χ1) is 17.1. The highest BCUT2D eigenvalue weighted by atomic mass is 32.2. The maximum absolute atomic E-state index is 11.3. The van der Waals surface area contributed by atoms with Crippen molar-refractivity contribution in [1.82, 2.24) is 0 Å². The molecule has 0 spiro atoms. The SMILES string of the molecule is [CH]Sc1ccc(C=Cc2ccc(N3c4ccc(/C=C(\C#N)C(=O)O)cc4C4CCCC43)cc2)cc1. The number of carbonyl (C=O) groups is 1. The molecule has 2 radical (unpaired) electrons. The molecular formula is C30H24N2O2S. The van der Waals surface area contributed by atoms with E-state index in [0.29, 0.717) is 12.0 Å². The minimum atomic E-state index is -1.20. The van der Waals surface area contributed by atoms with Crippen molar-refractivity contribution < 1.29 is 9.90 Å². The third-order valence-electron chi connectivity index (χ3n) is 6.84. The molecule has 0 aromatic heterocycles. The molecule has 5 rings (SSSR count). The standard InChI is InChI=1S/C30H24N2O2S/c1-35-25-14-9-21(10-15-25)6-5-20-7-12-24(13-8-20)32-28-4-2-3-26(28)27-18-22(11-16-29(27)32)17-23(19-31)30(33)34/h1,5-18,26,28H,2-4H2,(H,33,34)/b6-5?,23-17+. The van der Waals surface area contributed by atoms with E-state index in [0.717, 1.165) is 40.1 Å². The molecule has 35 heavy (non-hydrogen) atoms. The molecule has 0 bridgehead atoms. The molecular weight excluding hydrogens is 452 g/mol. The molecule has 2 unspecified atom stereocenters. The largest absolute Gasteiger partial charge is 0.477 e. The van der Waals surface area contributed by atoms with Crippen molar-refractivity contribution in [2.75, 3.05) is 4.90 Å². The number of nitrogens with zero attached hydrogens (tertiary/aromatic N) is 2. The monoisotopic (exact) mass is 476 g/mol. The zero-order valence-corrected chi connectivity index (χ0v) is 19.9. The van der Waals surface area contributed by atoms with Crippen molar-refractivity contribution in [1.29, 1.82) is 5.26 Å². The number of fused-ring (bicyclic) bond motifs is 3. The number of anilines is 2. The second-order valence-electron chi connectivity index (χ2n) is 8.88. The Labute approximate surface area is 210 Å². The van der Waals surface area contributed by atoms with E-state index in [1.165, 1.54) is 35.5 Å². The van der Waals surface area contributed by atoms with Crippen molar-refractivity contribution in [3.63, 3.8) is 0 Å². The van der Waals surface area contributed by atoms with Gasteiger partial charge in [0.2, 0.25) is 0 Å². The fourth-order valence-electron chi connectivity index (χ4n) is 5.21. The zero-order chi connectivity index (χ0) is 24.4. The predicted octanol–water partition coefficient (Wildman–Crippen LogP) is 7.40. The molecule has 1 heterocycles. The summed E-state index contributed by atoms with van der Waals surface area (Å²) in [6.45, 7) is 0. The molecule has 1 fully saturated rings. The molecule has 3 aromatic rings. The van der Waals surface area contributed by atoms with Gasteiger partial charge in [0.15, 0.2) is 0 Å². The molecule has 3 aromatic carbocycles. The van der Waals surface area contributed by atoms with Gasteiger partial charge in [0, 0.05) is 34.5 Å². The highest BCUT2D eigenvalue weighted by Gasteiger charge is 2.42. The van der Waals surface area contributed by atoms with Crippen LogP contribution in [0.4, 0.5) is 11.4 Å². The van der Waals surface area contributed by atoms with E-state index in [4.69, 9.17) is 11.5 Å². The molecule has 2 atom stereocenters. The van der Waals surface area contributed by atoms with Gasteiger partial charge in [0.25, 0.3) is 0 Å². The number of carboxylic acid groups (broad SMARTS) is 1. The van der Waals surface area contributed by atoms with Gasteiger partial charge in [0.1, 0.15) is 11.6 Å². The summed E-state index contributed by atoms with van der Waals surface area (Å²) >= 11 is 1.24. The van der Waals surface area contributed by atoms with E-state index < -0.39 is 5.97 Å². The van der Waals surface area contributed by atoms with Crippen molar-refractivity contribution in [2.24, 2.45) is 0 Å². The first kappa shape index (κ1) is 23.0. The maximum atomic E-state index is 11.3. The Morgan fingerprint density at radius 3 is 2.29 bits per heavy atom. The Morgan fingerprint density at radius 2 is 1.66 bits per heavy atom. The van der Waals surface area contributed by atoms with Crippen LogP contribution in [-0.4, -0.2) is 17.1 Å². The van der Waals surface area contributed by atoms with Crippen molar-refractivity contribution >= 4 is 47.3 Å². The van der Waals surface area contributed by atoms with E-state index in [1.54, 1.807) is 6.07 Å². The number of aliphatic carboxylic acids is 1. The highest BCUT2D eigenvalue weighted by molar-refractivity contribution is 8.00. The third-order valence-corrected chi connectivity index (χ3v) is 7.38. The molecule has 2 aliphatic rings. The molecule has 0 saturated heterocycles. The summed E-state index contributed by atoms with van der Waals surface area (Å²) in [5.74, 6) is -0.781. The summed E-state index contributed by atoms with van der Waals surface area (Å²) in [4.78, 5) is 14.7. The lowest BCUT2D eigenvalue weighted by Crippen LogP contribution is -2.26. The van der Waals surface area contributed by atoms with Crippen LogP contribution < -0.4 is 4.90 Å². The van der Waals surface area contributed by atoms with E-state index in [2.05, 4.69) is 65.6 Å². The number of hydrogen-bond acceptors (Lipinski definition) is 4. The first-order valence-corrected chi connectivity index (χ1v) is 12.5. The Morgan fingerprint density at radius 1 is 1.00 bits per heavy atom. The number of rotatable bonds is 6. The fourth-order valence-corrected chi connectivity index (χ4v) is 5.50. The molecule has 172 valence electrons. The lowest BCUT2D eigenvalue weighted by Gasteiger charge is -2.27. The van der Waals surface area contributed by atoms with Crippen LogP contribution in [0.2, 0.25) is 0 Å². The number of benzene rings is 3. The van der Waals surface area contributed by atoms with Crippen molar-refractivity contribution in [3.05, 3.63) is 101 Å². The Bertz CT molecular complexity index is 1350. The van der Waals surface area contributed by atoms with Gasteiger partial charge in [-0.1, -0.05) is 48.9 Å². The topological polar surface area (TPSA) is 64.3 Å². The lowest BCUT2D eigenvalue weighted by molar-refractivity contribution is -0.132. The van der Waals surface area contributed by atoms with Crippen molar-refractivity contribution in [3.8, 4) is 6.07 Å². The smallest absolute Gasteiger partial charge is 0.346 e. The second-order valence-corrected chi connectivity index (χ2v) is 9.59. The summed E-state index contributed by atoms with van der Waals surface area (Å²) in [6, 6.07) is 25.0. The number of thioether (sulfide) groups is 1. The average Bonchev–Trinajstić information content (AvgIpc) is 3.47. The molecule has 1 saturated carbocycles. The Hall–Kier alpha value is -3.75. The summed E-state index contributed by atoms with van der Waals surface area (Å²) in [5, 5.41) is 18.3. The van der Waals surface area contributed by atoms with Gasteiger partial charge in [-0.25, -0.2) is 4.79 Å². The molecule has 0 amide bonds. The summed E-state index contributed by atoms with van der Waals surface area (Å²) in [6.07, 6.45) is 14.7. The molecule has 1 aliphatic carbocycles. The van der Waals surface area contributed by atoms with E-state index in [1.807, 2.05) is 18.2 Å². The maximum Gasteiger partial charge on any atom is 0.346 e.